The largest absolute Gasteiger partial charge is 0.496 e. The molecule has 2 aromatic rings. The van der Waals surface area contributed by atoms with Gasteiger partial charge >= 0.3 is 0 Å². The number of nitrogens with zero attached hydrogens (tertiary/aromatic N) is 3. The number of carbonyl (C=O) groups excluding carboxylic acids is 1. The van der Waals surface area contributed by atoms with Gasteiger partial charge in [-0.2, -0.15) is 0 Å². The van der Waals surface area contributed by atoms with Crippen LogP contribution in [0.5, 0.6) is 5.75 Å². The molecule has 0 spiro atoms. The first-order valence-corrected chi connectivity index (χ1v) is 8.88. The van der Waals surface area contributed by atoms with E-state index in [0.717, 1.165) is 48.9 Å². The molecule has 138 valence electrons. The van der Waals surface area contributed by atoms with Gasteiger partial charge < -0.3 is 19.9 Å². The van der Waals surface area contributed by atoms with Crippen LogP contribution in [0.15, 0.2) is 36.5 Å². The minimum atomic E-state index is -0.119. The average Bonchev–Trinajstić information content (AvgIpc) is 2.67. The molecule has 1 saturated heterocycles. The maximum absolute atomic E-state index is 12.3. The normalized spacial score (nSPS) is 15.0. The Morgan fingerprint density at radius 3 is 2.62 bits per heavy atom. The highest BCUT2D eigenvalue weighted by Crippen LogP contribution is 2.19. The monoisotopic (exact) mass is 354 g/mol. The highest BCUT2D eigenvalue weighted by atomic mass is 16.5. The van der Waals surface area contributed by atoms with Crippen molar-refractivity contribution in [1.82, 2.24) is 15.2 Å². The first-order valence-electron chi connectivity index (χ1n) is 8.88. The van der Waals surface area contributed by atoms with Gasteiger partial charge in [0.05, 0.1) is 7.11 Å². The number of amides is 1. The Kier molecular flexibility index (Phi) is 5.73. The Labute approximate surface area is 154 Å². The van der Waals surface area contributed by atoms with E-state index in [1.807, 2.05) is 37.4 Å². The van der Waals surface area contributed by atoms with E-state index in [2.05, 4.69) is 27.1 Å². The molecule has 0 atom stereocenters. The number of nitrogens with one attached hydrogen (secondary N) is 1. The lowest BCUT2D eigenvalue weighted by atomic mass is 10.1. The Morgan fingerprint density at radius 2 is 1.96 bits per heavy atom. The molecule has 1 N–H and O–H groups in total. The fourth-order valence-corrected chi connectivity index (χ4v) is 2.99. The van der Waals surface area contributed by atoms with Crippen LogP contribution in [0.2, 0.25) is 0 Å². The summed E-state index contributed by atoms with van der Waals surface area (Å²) in [5.41, 5.74) is 2.58. The second-order valence-corrected chi connectivity index (χ2v) is 6.68. The summed E-state index contributed by atoms with van der Waals surface area (Å²) in [4.78, 5) is 21.5. The molecule has 0 aliphatic carbocycles. The zero-order valence-electron chi connectivity index (χ0n) is 15.7. The van der Waals surface area contributed by atoms with Crippen LogP contribution in [0.4, 0.5) is 5.82 Å². The summed E-state index contributed by atoms with van der Waals surface area (Å²) in [6.45, 7) is 6.50. The van der Waals surface area contributed by atoms with Crippen LogP contribution >= 0.6 is 0 Å². The summed E-state index contributed by atoms with van der Waals surface area (Å²) in [6, 6.07) is 9.51. The second kappa shape index (κ2) is 8.19. The molecule has 3 rings (SSSR count). The molecule has 6 heteroatoms. The lowest BCUT2D eigenvalue weighted by molar-refractivity contribution is 0.0950. The Bertz CT molecular complexity index is 753. The van der Waals surface area contributed by atoms with Crippen LogP contribution in [0.1, 0.15) is 21.5 Å². The van der Waals surface area contributed by atoms with Crippen molar-refractivity contribution in [3.63, 3.8) is 0 Å². The maximum atomic E-state index is 12.3. The van der Waals surface area contributed by atoms with E-state index in [9.17, 15) is 4.79 Å². The third-order valence-corrected chi connectivity index (χ3v) is 4.76. The van der Waals surface area contributed by atoms with E-state index in [1.165, 1.54) is 0 Å². The van der Waals surface area contributed by atoms with Crippen LogP contribution in [-0.4, -0.2) is 56.1 Å². The van der Waals surface area contributed by atoms with Gasteiger partial charge in [0.2, 0.25) is 0 Å². The number of pyridine rings is 1. The number of anilines is 1. The van der Waals surface area contributed by atoms with Crippen molar-refractivity contribution in [2.24, 2.45) is 0 Å². The van der Waals surface area contributed by atoms with Gasteiger partial charge in [0.15, 0.2) is 0 Å². The third-order valence-electron chi connectivity index (χ3n) is 4.76. The summed E-state index contributed by atoms with van der Waals surface area (Å²) in [5, 5.41) is 2.94. The summed E-state index contributed by atoms with van der Waals surface area (Å²) in [5.74, 6) is 1.60. The van der Waals surface area contributed by atoms with Crippen molar-refractivity contribution < 1.29 is 9.53 Å². The number of hydrogen-bond acceptors (Lipinski definition) is 5. The molecule has 26 heavy (non-hydrogen) atoms. The number of carbonyl (C=O) groups is 1. The topological polar surface area (TPSA) is 57.7 Å². The molecule has 0 saturated carbocycles. The van der Waals surface area contributed by atoms with Crippen molar-refractivity contribution in [3.05, 3.63) is 53.2 Å². The van der Waals surface area contributed by atoms with Gasteiger partial charge in [0, 0.05) is 44.5 Å². The van der Waals surface area contributed by atoms with Crippen LogP contribution in [0, 0.1) is 6.92 Å². The first-order chi connectivity index (χ1) is 12.6. The second-order valence-electron chi connectivity index (χ2n) is 6.68. The molecule has 1 aliphatic heterocycles. The van der Waals surface area contributed by atoms with Gasteiger partial charge in [-0.3, -0.25) is 4.79 Å². The van der Waals surface area contributed by atoms with Gasteiger partial charge in [0.1, 0.15) is 11.6 Å². The molecular weight excluding hydrogens is 328 g/mol. The Balaban J connectivity index is 1.57. The maximum Gasteiger partial charge on any atom is 0.251 e. The van der Waals surface area contributed by atoms with Crippen molar-refractivity contribution in [1.29, 1.82) is 0 Å². The zero-order valence-corrected chi connectivity index (χ0v) is 15.7. The van der Waals surface area contributed by atoms with E-state index in [4.69, 9.17) is 4.74 Å². The number of ether oxygens (including phenoxy) is 1. The molecule has 0 bridgehead atoms. The SMILES string of the molecule is COc1cc(C(=O)NCc2ccc(N3CCN(C)CC3)nc2)ccc1C. The van der Waals surface area contributed by atoms with Crippen LogP contribution in [-0.2, 0) is 6.54 Å². The predicted molar refractivity (Wildman–Crippen MR) is 103 cm³/mol. The zero-order chi connectivity index (χ0) is 18.5. The summed E-state index contributed by atoms with van der Waals surface area (Å²) in [6.07, 6.45) is 1.84. The quantitative estimate of drug-likeness (QED) is 0.891. The Morgan fingerprint density at radius 1 is 1.19 bits per heavy atom. The number of aryl methyl sites for hydroxylation is 1. The van der Waals surface area contributed by atoms with Gasteiger partial charge in [-0.15, -0.1) is 0 Å². The minimum Gasteiger partial charge on any atom is -0.496 e. The van der Waals surface area contributed by atoms with Crippen LogP contribution < -0.4 is 15.0 Å². The summed E-state index contributed by atoms with van der Waals surface area (Å²) in [7, 11) is 3.75. The average molecular weight is 354 g/mol. The smallest absolute Gasteiger partial charge is 0.251 e. The molecule has 1 aromatic carbocycles. The van der Waals surface area contributed by atoms with Crippen molar-refractivity contribution in [2.45, 2.75) is 13.5 Å². The van der Waals surface area contributed by atoms with Crippen LogP contribution in [0.25, 0.3) is 0 Å². The summed E-state index contributed by atoms with van der Waals surface area (Å²) < 4.78 is 5.28. The molecule has 1 amide bonds. The van der Waals surface area contributed by atoms with E-state index in [1.54, 1.807) is 13.2 Å². The van der Waals surface area contributed by atoms with Crippen molar-refractivity contribution >= 4 is 11.7 Å². The molecule has 0 radical (unpaired) electrons. The van der Waals surface area contributed by atoms with Crippen LogP contribution in [0.3, 0.4) is 0 Å². The van der Waals surface area contributed by atoms with Crippen molar-refractivity contribution in [2.75, 3.05) is 45.2 Å². The van der Waals surface area contributed by atoms with E-state index >= 15 is 0 Å². The molecule has 6 nitrogen and oxygen atoms in total. The third kappa shape index (κ3) is 4.32. The number of benzene rings is 1. The Hall–Kier alpha value is -2.60. The first kappa shape index (κ1) is 18.2. The molecule has 1 aromatic heterocycles. The summed E-state index contributed by atoms with van der Waals surface area (Å²) >= 11 is 0. The minimum absolute atomic E-state index is 0.119. The van der Waals surface area contributed by atoms with Gasteiger partial charge in [-0.25, -0.2) is 4.98 Å². The lowest BCUT2D eigenvalue weighted by Gasteiger charge is -2.33. The highest BCUT2D eigenvalue weighted by molar-refractivity contribution is 5.94. The van der Waals surface area contributed by atoms with Gasteiger partial charge in [-0.1, -0.05) is 12.1 Å². The van der Waals surface area contributed by atoms with Crippen molar-refractivity contribution in [3.8, 4) is 5.75 Å². The number of methoxy groups -OCH3 is 1. The number of likely N-dealkylation sites (N-methyl/N-ethyl adjacent to an activating group) is 1. The highest BCUT2D eigenvalue weighted by Gasteiger charge is 2.15. The van der Waals surface area contributed by atoms with E-state index < -0.39 is 0 Å². The van der Waals surface area contributed by atoms with E-state index in [-0.39, 0.29) is 5.91 Å². The number of hydrogen-bond donors (Lipinski definition) is 1. The lowest BCUT2D eigenvalue weighted by Crippen LogP contribution is -2.44. The molecular formula is C20H26N4O2. The fourth-order valence-electron chi connectivity index (χ4n) is 2.99. The number of rotatable bonds is 5. The molecule has 0 unspecified atom stereocenters. The molecule has 1 fully saturated rings. The van der Waals surface area contributed by atoms with E-state index in [0.29, 0.717) is 12.1 Å². The standard InChI is InChI=1S/C20H26N4O2/c1-15-4-6-17(12-18(15)26-3)20(25)22-14-16-5-7-19(21-13-16)24-10-8-23(2)9-11-24/h4-7,12-13H,8-11,14H2,1-3H3,(H,22,25). The number of aromatic nitrogens is 1. The fraction of sp³-hybridized carbons (Fsp3) is 0.400. The van der Waals surface area contributed by atoms with Gasteiger partial charge in [0.25, 0.3) is 5.91 Å². The number of piperazine rings is 1. The predicted octanol–water partition coefficient (Wildman–Crippen LogP) is 2.08. The molecule has 1 aliphatic rings. The van der Waals surface area contributed by atoms with Gasteiger partial charge in [-0.05, 0) is 43.3 Å². The molecule has 2 heterocycles.